The van der Waals surface area contributed by atoms with E-state index in [4.69, 9.17) is 0 Å². The molecule has 0 spiro atoms. The van der Waals surface area contributed by atoms with Crippen LogP contribution in [-0.2, 0) is 6.18 Å². The van der Waals surface area contributed by atoms with Crippen LogP contribution in [0, 0.1) is 0 Å². The number of nitrogens with zero attached hydrogens (tertiary/aromatic N) is 2. The van der Waals surface area contributed by atoms with Crippen molar-refractivity contribution < 1.29 is 13.2 Å². The molecule has 1 atom stereocenters. The lowest BCUT2D eigenvalue weighted by molar-refractivity contribution is -0.145. The van der Waals surface area contributed by atoms with Crippen molar-refractivity contribution in [3.8, 4) is 0 Å². The molecule has 78 valence electrons. The average Bonchev–Trinajstić information content (AvgIpc) is 2.15. The lowest BCUT2D eigenvalue weighted by atomic mass is 10.2. The summed E-state index contributed by atoms with van der Waals surface area (Å²) in [5.41, 5.74) is 0.625. The predicted molar refractivity (Wildman–Crippen MR) is 44.5 cm³/mol. The molecule has 0 saturated heterocycles. The Morgan fingerprint density at radius 2 is 1.79 bits per heavy atom. The highest BCUT2D eigenvalue weighted by molar-refractivity contribution is 5.10. The molecule has 0 aromatic carbocycles. The van der Waals surface area contributed by atoms with Crippen LogP contribution < -0.4 is 5.32 Å². The molecule has 0 fully saturated rings. The zero-order valence-corrected chi connectivity index (χ0v) is 7.76. The largest absolute Gasteiger partial charge is 0.451 e. The third kappa shape index (κ3) is 2.41. The number of halogens is 3. The van der Waals surface area contributed by atoms with E-state index < -0.39 is 12.0 Å². The molecule has 1 aromatic rings. The molecular formula is C8H10F3N3. The monoisotopic (exact) mass is 205 g/mol. The number of hydrogen-bond acceptors (Lipinski definition) is 3. The Morgan fingerprint density at radius 3 is 2.14 bits per heavy atom. The Morgan fingerprint density at radius 1 is 1.29 bits per heavy atom. The van der Waals surface area contributed by atoms with Crippen LogP contribution >= 0.6 is 0 Å². The molecule has 3 nitrogen and oxygen atoms in total. The van der Waals surface area contributed by atoms with Crippen LogP contribution in [0.25, 0.3) is 0 Å². The van der Waals surface area contributed by atoms with E-state index in [9.17, 15) is 13.2 Å². The molecular weight excluding hydrogens is 195 g/mol. The summed E-state index contributed by atoms with van der Waals surface area (Å²) in [7, 11) is 1.71. The van der Waals surface area contributed by atoms with Gasteiger partial charge in [0.1, 0.15) is 0 Å². The highest BCUT2D eigenvalue weighted by Crippen LogP contribution is 2.25. The molecule has 0 amide bonds. The van der Waals surface area contributed by atoms with Crippen LogP contribution in [0.15, 0.2) is 12.4 Å². The number of hydrogen-bond donors (Lipinski definition) is 1. The lowest BCUT2D eigenvalue weighted by Crippen LogP contribution is -2.15. The van der Waals surface area contributed by atoms with Gasteiger partial charge in [0.25, 0.3) is 0 Å². The second kappa shape index (κ2) is 3.91. The van der Waals surface area contributed by atoms with Crippen molar-refractivity contribution in [2.45, 2.75) is 19.1 Å². The maximum absolute atomic E-state index is 12.1. The quantitative estimate of drug-likeness (QED) is 0.799. The second-order valence-electron chi connectivity index (χ2n) is 2.85. The molecule has 1 unspecified atom stereocenters. The molecule has 0 radical (unpaired) electrons. The lowest BCUT2D eigenvalue weighted by Gasteiger charge is -2.10. The van der Waals surface area contributed by atoms with E-state index in [1.807, 2.05) is 6.92 Å². The van der Waals surface area contributed by atoms with E-state index in [0.717, 1.165) is 0 Å². The fraction of sp³-hybridized carbons (Fsp3) is 0.500. The van der Waals surface area contributed by atoms with Crippen molar-refractivity contribution in [3.63, 3.8) is 0 Å². The fourth-order valence-electron chi connectivity index (χ4n) is 0.875. The second-order valence-corrected chi connectivity index (χ2v) is 2.85. The van der Waals surface area contributed by atoms with Crippen molar-refractivity contribution in [1.29, 1.82) is 0 Å². The van der Waals surface area contributed by atoms with Gasteiger partial charge in [-0.25, -0.2) is 9.97 Å². The molecule has 1 aromatic heterocycles. The maximum Gasteiger partial charge on any atom is 0.451 e. The summed E-state index contributed by atoms with van der Waals surface area (Å²) >= 11 is 0. The molecule has 14 heavy (non-hydrogen) atoms. The molecule has 6 heteroatoms. The Bertz CT molecular complexity index is 294. The summed E-state index contributed by atoms with van der Waals surface area (Å²) in [6.07, 6.45) is -2.12. The summed E-state index contributed by atoms with van der Waals surface area (Å²) in [6.45, 7) is 1.81. The van der Waals surface area contributed by atoms with Crippen molar-refractivity contribution in [1.82, 2.24) is 15.3 Å². The van der Waals surface area contributed by atoms with Crippen molar-refractivity contribution in [3.05, 3.63) is 23.8 Å². The number of aromatic nitrogens is 2. The molecule has 0 saturated carbocycles. The summed E-state index contributed by atoms with van der Waals surface area (Å²) in [5.74, 6) is -1.11. The van der Waals surface area contributed by atoms with Crippen LogP contribution in [0.5, 0.6) is 0 Å². The van der Waals surface area contributed by atoms with Gasteiger partial charge < -0.3 is 5.32 Å². The molecule has 1 rings (SSSR count). The Hall–Kier alpha value is -1.17. The Labute approximate surface area is 79.4 Å². The minimum atomic E-state index is -4.47. The predicted octanol–water partition coefficient (Wildman–Crippen LogP) is 1.78. The third-order valence-corrected chi connectivity index (χ3v) is 1.86. The fourth-order valence-corrected chi connectivity index (χ4v) is 0.875. The summed E-state index contributed by atoms with van der Waals surface area (Å²) in [5, 5.41) is 2.88. The van der Waals surface area contributed by atoms with E-state index in [1.54, 1.807) is 7.05 Å². The van der Waals surface area contributed by atoms with Gasteiger partial charge >= 0.3 is 6.18 Å². The van der Waals surface area contributed by atoms with Crippen LogP contribution in [0.1, 0.15) is 24.4 Å². The van der Waals surface area contributed by atoms with Gasteiger partial charge in [-0.2, -0.15) is 13.2 Å². The van der Waals surface area contributed by atoms with Gasteiger partial charge in [-0.05, 0) is 14.0 Å². The minimum Gasteiger partial charge on any atom is -0.313 e. The van der Waals surface area contributed by atoms with Crippen LogP contribution in [0.2, 0.25) is 0 Å². The standard InChI is InChI=1S/C8H10F3N3/c1-5(12-2)6-3-13-7(14-4-6)8(9,10)11/h3-5,12H,1-2H3. The van der Waals surface area contributed by atoms with E-state index in [2.05, 4.69) is 15.3 Å². The minimum absolute atomic E-state index is 0.0581. The topological polar surface area (TPSA) is 37.8 Å². The molecule has 0 aliphatic carbocycles. The van der Waals surface area contributed by atoms with Crippen molar-refractivity contribution in [2.75, 3.05) is 7.05 Å². The number of nitrogens with one attached hydrogen (secondary N) is 1. The summed E-state index contributed by atoms with van der Waals surface area (Å²) in [6, 6.07) is -0.0581. The van der Waals surface area contributed by atoms with Crippen LogP contribution in [-0.4, -0.2) is 17.0 Å². The number of rotatable bonds is 2. The Balaban J connectivity index is 2.89. The first kappa shape index (κ1) is 10.9. The normalized spacial score (nSPS) is 14.1. The van der Waals surface area contributed by atoms with E-state index in [0.29, 0.717) is 5.56 Å². The van der Waals surface area contributed by atoms with Crippen molar-refractivity contribution >= 4 is 0 Å². The first-order valence-electron chi connectivity index (χ1n) is 4.01. The maximum atomic E-state index is 12.1. The molecule has 1 heterocycles. The SMILES string of the molecule is CNC(C)c1cnc(C(F)(F)F)nc1. The zero-order chi connectivity index (χ0) is 10.8. The zero-order valence-electron chi connectivity index (χ0n) is 7.76. The highest BCUT2D eigenvalue weighted by atomic mass is 19.4. The van der Waals surface area contributed by atoms with Gasteiger partial charge in [-0.3, -0.25) is 0 Å². The first-order valence-corrected chi connectivity index (χ1v) is 4.01. The molecule has 0 bridgehead atoms. The molecule has 0 aliphatic rings. The summed E-state index contributed by atoms with van der Waals surface area (Å²) in [4.78, 5) is 6.49. The van der Waals surface area contributed by atoms with E-state index >= 15 is 0 Å². The summed E-state index contributed by atoms with van der Waals surface area (Å²) < 4.78 is 36.2. The van der Waals surface area contributed by atoms with Gasteiger partial charge in [0.15, 0.2) is 0 Å². The van der Waals surface area contributed by atoms with E-state index in [1.165, 1.54) is 12.4 Å². The first-order chi connectivity index (χ1) is 6.45. The van der Waals surface area contributed by atoms with Crippen molar-refractivity contribution in [2.24, 2.45) is 0 Å². The third-order valence-electron chi connectivity index (χ3n) is 1.86. The molecule has 1 N–H and O–H groups in total. The Kier molecular flexibility index (Phi) is 3.05. The molecule has 0 aliphatic heterocycles. The van der Waals surface area contributed by atoms with Gasteiger partial charge in [0.2, 0.25) is 5.82 Å². The van der Waals surface area contributed by atoms with E-state index in [-0.39, 0.29) is 6.04 Å². The smallest absolute Gasteiger partial charge is 0.313 e. The van der Waals surface area contributed by atoms with Gasteiger partial charge in [0.05, 0.1) is 0 Å². The van der Waals surface area contributed by atoms with Gasteiger partial charge in [-0.1, -0.05) is 0 Å². The van der Waals surface area contributed by atoms with Crippen LogP contribution in [0.3, 0.4) is 0 Å². The van der Waals surface area contributed by atoms with Crippen LogP contribution in [0.4, 0.5) is 13.2 Å². The average molecular weight is 205 g/mol. The van der Waals surface area contributed by atoms with Gasteiger partial charge in [-0.15, -0.1) is 0 Å². The highest BCUT2D eigenvalue weighted by Gasteiger charge is 2.34. The van der Waals surface area contributed by atoms with Gasteiger partial charge in [0, 0.05) is 24.0 Å². The number of alkyl halides is 3.